The van der Waals surface area contributed by atoms with Crippen LogP contribution >= 0.6 is 0 Å². The van der Waals surface area contributed by atoms with Gasteiger partial charge in [-0.1, -0.05) is 6.07 Å². The summed E-state index contributed by atoms with van der Waals surface area (Å²) in [6.45, 7) is 0.988. The smallest absolute Gasteiger partial charge is 0.417 e. The summed E-state index contributed by atoms with van der Waals surface area (Å²) in [4.78, 5) is 7.74. The van der Waals surface area contributed by atoms with Crippen LogP contribution in [0.4, 0.5) is 13.2 Å². The summed E-state index contributed by atoms with van der Waals surface area (Å²) in [5, 5.41) is 14.3. The molecule has 0 aliphatic heterocycles. The Bertz CT molecular complexity index is 938. The van der Waals surface area contributed by atoms with Crippen molar-refractivity contribution in [1.82, 2.24) is 30.2 Å². The van der Waals surface area contributed by atoms with E-state index in [0.717, 1.165) is 23.7 Å². The molecule has 28 heavy (non-hydrogen) atoms. The second-order valence-electron chi connectivity index (χ2n) is 5.63. The number of guanidine groups is 1. The lowest BCUT2D eigenvalue weighted by atomic mass is 10.3. The number of ether oxygens (including phenoxy) is 1. The molecule has 0 radical (unpaired) electrons. The highest BCUT2D eigenvalue weighted by Gasteiger charge is 2.30. The minimum Gasteiger partial charge on any atom is -0.476 e. The lowest BCUT2D eigenvalue weighted by Gasteiger charge is -2.12. The molecular formula is C17H18F3N7O. The normalized spacial score (nSPS) is 12.2. The molecule has 3 rings (SSSR count). The molecule has 0 bridgehead atoms. The van der Waals surface area contributed by atoms with E-state index in [0.29, 0.717) is 19.0 Å². The van der Waals surface area contributed by atoms with E-state index in [9.17, 15) is 13.2 Å². The Hall–Kier alpha value is -3.37. The molecule has 0 atom stereocenters. The first-order valence-corrected chi connectivity index (χ1v) is 8.36. The minimum atomic E-state index is -4.42. The van der Waals surface area contributed by atoms with Gasteiger partial charge in [0.05, 0.1) is 18.7 Å². The van der Waals surface area contributed by atoms with Gasteiger partial charge in [-0.25, -0.2) is 4.98 Å². The van der Waals surface area contributed by atoms with Crippen LogP contribution in [-0.2, 0) is 12.7 Å². The number of pyridine rings is 2. The van der Waals surface area contributed by atoms with Crippen molar-refractivity contribution >= 4 is 11.6 Å². The number of hydrogen-bond acceptors (Lipinski definition) is 5. The van der Waals surface area contributed by atoms with E-state index in [1.165, 1.54) is 6.07 Å². The van der Waals surface area contributed by atoms with Gasteiger partial charge in [0.1, 0.15) is 6.61 Å². The third-order valence-corrected chi connectivity index (χ3v) is 3.73. The fourth-order valence-corrected chi connectivity index (χ4v) is 2.35. The molecule has 8 nitrogen and oxygen atoms in total. The number of aliphatic imine (C=N–C) groups is 1. The average molecular weight is 393 g/mol. The van der Waals surface area contributed by atoms with Crippen LogP contribution in [0.3, 0.4) is 0 Å². The first-order chi connectivity index (χ1) is 13.5. The second-order valence-corrected chi connectivity index (χ2v) is 5.63. The number of aromatic nitrogens is 4. The van der Waals surface area contributed by atoms with Crippen molar-refractivity contribution in [3.05, 3.63) is 54.1 Å². The van der Waals surface area contributed by atoms with Gasteiger partial charge in [0.25, 0.3) is 0 Å². The zero-order valence-electron chi connectivity index (χ0n) is 14.9. The standard InChI is InChI=1S/C17H18F3N7O/c1-21-16(24-11-14-26-25-13-4-2-3-8-27(13)14)22-7-9-28-15-6-5-12(10-23-15)17(18,19)20/h2-6,8,10H,7,9,11H2,1H3,(H2,21,22,24). The molecule has 3 aromatic heterocycles. The topological polar surface area (TPSA) is 88.7 Å². The third-order valence-electron chi connectivity index (χ3n) is 3.73. The van der Waals surface area contributed by atoms with Gasteiger partial charge in [0, 0.05) is 25.5 Å². The van der Waals surface area contributed by atoms with E-state index in [1.807, 2.05) is 28.8 Å². The molecule has 2 N–H and O–H groups in total. The van der Waals surface area contributed by atoms with Crippen molar-refractivity contribution in [2.75, 3.05) is 20.2 Å². The van der Waals surface area contributed by atoms with Gasteiger partial charge in [-0.15, -0.1) is 10.2 Å². The highest BCUT2D eigenvalue weighted by Crippen LogP contribution is 2.29. The Kier molecular flexibility index (Phi) is 5.92. The van der Waals surface area contributed by atoms with Gasteiger partial charge in [-0.05, 0) is 18.2 Å². The lowest BCUT2D eigenvalue weighted by molar-refractivity contribution is -0.137. The maximum atomic E-state index is 12.5. The Morgan fingerprint density at radius 1 is 1.18 bits per heavy atom. The SMILES string of the molecule is CN=C(NCCOc1ccc(C(F)(F)F)cn1)NCc1nnc2ccccn12. The molecule has 0 amide bonds. The number of nitrogens with zero attached hydrogens (tertiary/aromatic N) is 5. The van der Waals surface area contributed by atoms with Crippen LogP contribution in [0.2, 0.25) is 0 Å². The van der Waals surface area contributed by atoms with Crippen molar-refractivity contribution in [3.63, 3.8) is 0 Å². The molecule has 3 aromatic rings. The lowest BCUT2D eigenvalue weighted by Crippen LogP contribution is -2.39. The number of fused-ring (bicyclic) bond motifs is 1. The van der Waals surface area contributed by atoms with Crippen LogP contribution in [0.1, 0.15) is 11.4 Å². The number of nitrogens with one attached hydrogen (secondary N) is 2. The van der Waals surface area contributed by atoms with E-state index in [4.69, 9.17) is 4.74 Å². The van der Waals surface area contributed by atoms with E-state index in [2.05, 4.69) is 30.8 Å². The van der Waals surface area contributed by atoms with Crippen LogP contribution in [0.5, 0.6) is 5.88 Å². The molecule has 0 aliphatic carbocycles. The molecule has 11 heteroatoms. The zero-order chi connectivity index (χ0) is 20.0. The first-order valence-electron chi connectivity index (χ1n) is 8.36. The third kappa shape index (κ3) is 4.87. The van der Waals surface area contributed by atoms with Crippen LogP contribution in [-0.4, -0.2) is 45.7 Å². The Morgan fingerprint density at radius 3 is 2.75 bits per heavy atom. The Balaban J connectivity index is 1.43. The highest BCUT2D eigenvalue weighted by atomic mass is 19.4. The summed E-state index contributed by atoms with van der Waals surface area (Å²) < 4.78 is 44.7. The zero-order valence-corrected chi connectivity index (χ0v) is 14.9. The fourth-order valence-electron chi connectivity index (χ4n) is 2.35. The Labute approximate surface area is 158 Å². The number of halogens is 3. The van der Waals surface area contributed by atoms with Crippen molar-refractivity contribution in [2.45, 2.75) is 12.7 Å². The summed E-state index contributed by atoms with van der Waals surface area (Å²) in [5.41, 5.74) is -0.0664. The summed E-state index contributed by atoms with van der Waals surface area (Å²) >= 11 is 0. The summed E-state index contributed by atoms with van der Waals surface area (Å²) in [6, 6.07) is 7.74. The number of rotatable bonds is 6. The fraction of sp³-hybridized carbons (Fsp3) is 0.294. The van der Waals surface area contributed by atoms with Crippen molar-refractivity contribution in [3.8, 4) is 5.88 Å². The Morgan fingerprint density at radius 2 is 2.04 bits per heavy atom. The minimum absolute atomic E-state index is 0.118. The van der Waals surface area contributed by atoms with Gasteiger partial charge in [0.2, 0.25) is 5.88 Å². The quantitative estimate of drug-likeness (QED) is 0.378. The molecule has 0 fully saturated rings. The summed E-state index contributed by atoms with van der Waals surface area (Å²) in [5.74, 6) is 1.37. The van der Waals surface area contributed by atoms with E-state index in [1.54, 1.807) is 7.05 Å². The predicted molar refractivity (Wildman–Crippen MR) is 95.9 cm³/mol. The molecule has 0 aromatic carbocycles. The predicted octanol–water partition coefficient (Wildman–Crippen LogP) is 1.89. The largest absolute Gasteiger partial charge is 0.476 e. The van der Waals surface area contributed by atoms with Gasteiger partial charge in [-0.3, -0.25) is 9.39 Å². The molecule has 0 saturated carbocycles. The van der Waals surface area contributed by atoms with Crippen LogP contribution < -0.4 is 15.4 Å². The molecule has 3 heterocycles. The van der Waals surface area contributed by atoms with Crippen LogP contribution in [0.25, 0.3) is 5.65 Å². The van der Waals surface area contributed by atoms with Gasteiger partial charge in [-0.2, -0.15) is 13.2 Å². The van der Waals surface area contributed by atoms with Gasteiger partial charge in [0.15, 0.2) is 17.4 Å². The molecular weight excluding hydrogens is 375 g/mol. The van der Waals surface area contributed by atoms with Crippen molar-refractivity contribution < 1.29 is 17.9 Å². The van der Waals surface area contributed by atoms with E-state index >= 15 is 0 Å². The maximum absolute atomic E-state index is 12.5. The highest BCUT2D eigenvalue weighted by molar-refractivity contribution is 5.79. The second kappa shape index (κ2) is 8.55. The first kappa shape index (κ1) is 19.4. The monoisotopic (exact) mass is 393 g/mol. The summed E-state index contributed by atoms with van der Waals surface area (Å²) in [7, 11) is 1.62. The van der Waals surface area contributed by atoms with E-state index < -0.39 is 11.7 Å². The molecule has 0 saturated heterocycles. The van der Waals surface area contributed by atoms with Crippen molar-refractivity contribution in [2.24, 2.45) is 4.99 Å². The van der Waals surface area contributed by atoms with Gasteiger partial charge < -0.3 is 15.4 Å². The molecule has 0 aliphatic rings. The summed E-state index contributed by atoms with van der Waals surface area (Å²) in [6.07, 6.45) is -1.81. The molecule has 148 valence electrons. The maximum Gasteiger partial charge on any atom is 0.417 e. The molecule has 0 spiro atoms. The van der Waals surface area contributed by atoms with Crippen LogP contribution in [0, 0.1) is 0 Å². The van der Waals surface area contributed by atoms with Gasteiger partial charge >= 0.3 is 6.18 Å². The van der Waals surface area contributed by atoms with Crippen molar-refractivity contribution in [1.29, 1.82) is 0 Å². The van der Waals surface area contributed by atoms with E-state index in [-0.39, 0.29) is 12.5 Å². The van der Waals surface area contributed by atoms with Crippen LogP contribution in [0.15, 0.2) is 47.7 Å². The number of alkyl halides is 3. The average Bonchev–Trinajstić information content (AvgIpc) is 3.10. The number of hydrogen-bond donors (Lipinski definition) is 2. The molecule has 0 unspecified atom stereocenters.